The van der Waals surface area contributed by atoms with E-state index in [1.807, 2.05) is 0 Å². The number of benzene rings is 2. The van der Waals surface area contributed by atoms with Gasteiger partial charge in [0.1, 0.15) is 5.82 Å². The third kappa shape index (κ3) is 3.90. The van der Waals surface area contributed by atoms with Crippen molar-refractivity contribution in [3.05, 3.63) is 71.0 Å². The van der Waals surface area contributed by atoms with Crippen LogP contribution in [0.5, 0.6) is 0 Å². The van der Waals surface area contributed by atoms with Crippen molar-refractivity contribution >= 4 is 5.78 Å². The molecule has 5 heteroatoms. The molecule has 0 aliphatic carbocycles. The fraction of sp³-hybridized carbons (Fsp3) is 0.188. The molecule has 0 N–H and O–H groups in total. The summed E-state index contributed by atoms with van der Waals surface area (Å²) >= 11 is 0. The highest BCUT2D eigenvalue weighted by atomic mass is 19.4. The van der Waals surface area contributed by atoms with Gasteiger partial charge in [0.15, 0.2) is 5.78 Å². The molecule has 2 aromatic carbocycles. The van der Waals surface area contributed by atoms with E-state index in [1.54, 1.807) is 6.07 Å². The summed E-state index contributed by atoms with van der Waals surface area (Å²) in [7, 11) is 0. The van der Waals surface area contributed by atoms with Gasteiger partial charge < -0.3 is 0 Å². The van der Waals surface area contributed by atoms with Crippen molar-refractivity contribution in [3.63, 3.8) is 0 Å². The van der Waals surface area contributed by atoms with E-state index in [2.05, 4.69) is 0 Å². The van der Waals surface area contributed by atoms with Gasteiger partial charge in [0.25, 0.3) is 0 Å². The van der Waals surface area contributed by atoms with E-state index in [0.717, 1.165) is 12.1 Å². The Morgan fingerprint density at radius 3 is 2.38 bits per heavy atom. The first-order valence-corrected chi connectivity index (χ1v) is 6.32. The lowest BCUT2D eigenvalue weighted by molar-refractivity contribution is -0.137. The summed E-state index contributed by atoms with van der Waals surface area (Å²) in [4.78, 5) is 12.0. The molecule has 0 aromatic heterocycles. The van der Waals surface area contributed by atoms with Crippen LogP contribution in [0.3, 0.4) is 0 Å². The summed E-state index contributed by atoms with van der Waals surface area (Å²) in [5, 5.41) is 0. The number of hydrogen-bond donors (Lipinski definition) is 0. The lowest BCUT2D eigenvalue weighted by Gasteiger charge is -2.11. The Balaban J connectivity index is 2.14. The van der Waals surface area contributed by atoms with Crippen LogP contribution in [0.25, 0.3) is 0 Å². The second kappa shape index (κ2) is 6.08. The summed E-state index contributed by atoms with van der Waals surface area (Å²) in [6.45, 7) is 0. The number of carbonyl (C=O) groups is 1. The molecule has 0 aliphatic heterocycles. The maximum Gasteiger partial charge on any atom is 0.417 e. The Kier molecular flexibility index (Phi) is 4.40. The summed E-state index contributed by atoms with van der Waals surface area (Å²) in [6, 6.07) is 10.3. The number of aryl methyl sites for hydroxylation is 1. The van der Waals surface area contributed by atoms with Crippen molar-refractivity contribution in [2.75, 3.05) is 0 Å². The Morgan fingerprint density at radius 2 is 1.71 bits per heavy atom. The zero-order valence-electron chi connectivity index (χ0n) is 11.0. The van der Waals surface area contributed by atoms with E-state index in [9.17, 15) is 22.4 Å². The molecule has 1 nitrogen and oxygen atoms in total. The van der Waals surface area contributed by atoms with Gasteiger partial charge in [0, 0.05) is 12.0 Å². The Hall–Kier alpha value is -2.17. The van der Waals surface area contributed by atoms with Crippen LogP contribution in [0.4, 0.5) is 17.6 Å². The molecule has 2 rings (SSSR count). The lowest BCUT2D eigenvalue weighted by atomic mass is 9.98. The summed E-state index contributed by atoms with van der Waals surface area (Å²) < 4.78 is 51.5. The average Bonchev–Trinajstić information content (AvgIpc) is 2.44. The van der Waals surface area contributed by atoms with Crippen LogP contribution in [0.1, 0.15) is 27.9 Å². The van der Waals surface area contributed by atoms with Crippen LogP contribution >= 0.6 is 0 Å². The molecule has 0 unspecified atom stereocenters. The average molecular weight is 296 g/mol. The zero-order valence-corrected chi connectivity index (χ0v) is 11.0. The number of alkyl halides is 3. The molecule has 0 amide bonds. The topological polar surface area (TPSA) is 17.1 Å². The second-order valence-electron chi connectivity index (χ2n) is 4.60. The molecule has 0 aliphatic rings. The summed E-state index contributed by atoms with van der Waals surface area (Å²) in [6.07, 6.45) is -4.47. The maximum absolute atomic E-state index is 13.0. The largest absolute Gasteiger partial charge is 0.417 e. The third-order valence-corrected chi connectivity index (χ3v) is 3.06. The van der Waals surface area contributed by atoms with E-state index >= 15 is 0 Å². The van der Waals surface area contributed by atoms with Gasteiger partial charge in [-0.3, -0.25) is 4.79 Å². The van der Waals surface area contributed by atoms with Gasteiger partial charge in [-0.15, -0.1) is 0 Å². The van der Waals surface area contributed by atoms with Crippen LogP contribution in [0, 0.1) is 5.82 Å². The van der Waals surface area contributed by atoms with Crippen LogP contribution in [0.15, 0.2) is 48.5 Å². The lowest BCUT2D eigenvalue weighted by Crippen LogP contribution is -2.13. The highest BCUT2D eigenvalue weighted by molar-refractivity contribution is 5.97. The van der Waals surface area contributed by atoms with Crippen LogP contribution in [0.2, 0.25) is 0 Å². The van der Waals surface area contributed by atoms with Gasteiger partial charge in [-0.1, -0.05) is 30.3 Å². The van der Waals surface area contributed by atoms with Crippen molar-refractivity contribution < 1.29 is 22.4 Å². The van der Waals surface area contributed by atoms with Crippen LogP contribution < -0.4 is 0 Å². The fourth-order valence-corrected chi connectivity index (χ4v) is 2.06. The Labute approximate surface area is 119 Å². The van der Waals surface area contributed by atoms with E-state index < -0.39 is 23.3 Å². The van der Waals surface area contributed by atoms with E-state index in [1.165, 1.54) is 30.3 Å². The first-order valence-electron chi connectivity index (χ1n) is 6.32. The highest BCUT2D eigenvalue weighted by Gasteiger charge is 2.34. The first-order chi connectivity index (χ1) is 9.88. The number of Topliss-reactive ketones (excluding diaryl/α,β-unsaturated/α-hetero) is 1. The van der Waals surface area contributed by atoms with Gasteiger partial charge in [-0.2, -0.15) is 13.2 Å². The minimum absolute atomic E-state index is 0.101. The number of ketones is 1. The number of halogens is 4. The van der Waals surface area contributed by atoms with Crippen molar-refractivity contribution in [1.82, 2.24) is 0 Å². The smallest absolute Gasteiger partial charge is 0.294 e. The van der Waals surface area contributed by atoms with Gasteiger partial charge >= 0.3 is 6.18 Å². The highest BCUT2D eigenvalue weighted by Crippen LogP contribution is 2.32. The molecule has 110 valence electrons. The monoisotopic (exact) mass is 296 g/mol. The Bertz CT molecular complexity index is 647. The second-order valence-corrected chi connectivity index (χ2v) is 4.60. The number of rotatable bonds is 4. The zero-order chi connectivity index (χ0) is 15.5. The number of carbonyl (C=O) groups excluding carboxylic acids is 1. The molecule has 0 radical (unpaired) electrons. The van der Waals surface area contributed by atoms with E-state index in [-0.39, 0.29) is 18.4 Å². The predicted octanol–water partition coefficient (Wildman–Crippen LogP) is 4.66. The minimum atomic E-state index is -4.56. The molecule has 0 heterocycles. The quantitative estimate of drug-likeness (QED) is 0.592. The predicted molar refractivity (Wildman–Crippen MR) is 70.5 cm³/mol. The van der Waals surface area contributed by atoms with Gasteiger partial charge in [-0.05, 0) is 30.2 Å². The normalized spacial score (nSPS) is 11.4. The minimum Gasteiger partial charge on any atom is -0.294 e. The van der Waals surface area contributed by atoms with Crippen molar-refractivity contribution in [2.24, 2.45) is 0 Å². The molecule has 21 heavy (non-hydrogen) atoms. The SMILES string of the molecule is O=C(CCc1cccc(F)c1)c1ccccc1C(F)(F)F. The molecule has 0 atom stereocenters. The first kappa shape index (κ1) is 15.2. The molecule has 0 saturated carbocycles. The molecule has 0 bridgehead atoms. The molecular formula is C16H12F4O. The van der Waals surface area contributed by atoms with Gasteiger partial charge in [-0.25, -0.2) is 4.39 Å². The van der Waals surface area contributed by atoms with Gasteiger partial charge in [0.05, 0.1) is 5.56 Å². The van der Waals surface area contributed by atoms with Gasteiger partial charge in [0.2, 0.25) is 0 Å². The standard InChI is InChI=1S/C16H12F4O/c17-12-5-3-4-11(10-12)8-9-15(21)13-6-1-2-7-14(13)16(18,19)20/h1-7,10H,8-9H2. The molecule has 0 fully saturated rings. The maximum atomic E-state index is 13.0. The molecule has 0 spiro atoms. The molecular weight excluding hydrogens is 284 g/mol. The van der Waals surface area contributed by atoms with Crippen molar-refractivity contribution in [3.8, 4) is 0 Å². The van der Waals surface area contributed by atoms with E-state index in [0.29, 0.717) is 5.56 Å². The third-order valence-electron chi connectivity index (χ3n) is 3.06. The summed E-state index contributed by atoms with van der Waals surface area (Å²) in [5.41, 5.74) is -0.705. The Morgan fingerprint density at radius 1 is 1.00 bits per heavy atom. The molecule has 2 aromatic rings. The fourth-order valence-electron chi connectivity index (χ4n) is 2.06. The van der Waals surface area contributed by atoms with Crippen molar-refractivity contribution in [1.29, 1.82) is 0 Å². The summed E-state index contributed by atoms with van der Waals surface area (Å²) in [5.74, 6) is -1.04. The van der Waals surface area contributed by atoms with E-state index in [4.69, 9.17) is 0 Å². The number of hydrogen-bond acceptors (Lipinski definition) is 1. The van der Waals surface area contributed by atoms with Crippen molar-refractivity contribution in [2.45, 2.75) is 19.0 Å². The van der Waals surface area contributed by atoms with Crippen LogP contribution in [-0.2, 0) is 12.6 Å². The van der Waals surface area contributed by atoms with Crippen LogP contribution in [-0.4, -0.2) is 5.78 Å². The molecule has 0 saturated heterocycles.